The monoisotopic (exact) mass is 502 g/mol. The highest BCUT2D eigenvalue weighted by atomic mass is 35.5. The maximum Gasteiger partial charge on any atom is 0.300 e. The van der Waals surface area contributed by atoms with Crippen molar-refractivity contribution in [2.24, 2.45) is 0 Å². The van der Waals surface area contributed by atoms with Gasteiger partial charge in [-0.15, -0.1) is 0 Å². The van der Waals surface area contributed by atoms with Gasteiger partial charge >= 0.3 is 0 Å². The van der Waals surface area contributed by atoms with Crippen LogP contribution in [0.4, 0.5) is 14.8 Å². The average molecular weight is 503 g/mol. The molecule has 0 spiro atoms. The molecule has 0 aliphatic carbocycles. The molecule has 0 bridgehead atoms. The van der Waals surface area contributed by atoms with Crippen molar-refractivity contribution in [1.29, 1.82) is 0 Å². The summed E-state index contributed by atoms with van der Waals surface area (Å²) in [5.74, 6) is -2.31. The summed E-state index contributed by atoms with van der Waals surface area (Å²) in [6.07, 6.45) is 0. The standard InChI is InChI=1S/C23H21ClF2N6O3/c1-23(2,3)21-28-19(30-35-21)17-13(25)10-12(11-14(17)26)20(33)31-6-8-32(9-7-31)22-29-18-15(34-22)4-5-16(24)27-18/h4-5,10-11H,6-9H2,1-3H3. The highest BCUT2D eigenvalue weighted by Crippen LogP contribution is 2.29. The van der Waals surface area contributed by atoms with Gasteiger partial charge in [-0.3, -0.25) is 4.79 Å². The molecule has 182 valence electrons. The molecule has 5 rings (SSSR count). The first-order chi connectivity index (χ1) is 16.6. The molecule has 4 heterocycles. The van der Waals surface area contributed by atoms with Crippen LogP contribution in [0.2, 0.25) is 5.15 Å². The van der Waals surface area contributed by atoms with Crippen LogP contribution in [0.15, 0.2) is 33.2 Å². The van der Waals surface area contributed by atoms with Crippen molar-refractivity contribution in [3.63, 3.8) is 0 Å². The molecule has 0 saturated carbocycles. The van der Waals surface area contributed by atoms with Gasteiger partial charge in [-0.25, -0.2) is 13.8 Å². The van der Waals surface area contributed by atoms with Crippen molar-refractivity contribution < 1.29 is 22.5 Å². The van der Waals surface area contributed by atoms with Crippen LogP contribution in [0.25, 0.3) is 22.6 Å². The number of benzene rings is 1. The van der Waals surface area contributed by atoms with Crippen LogP contribution < -0.4 is 4.90 Å². The molecule has 3 aromatic heterocycles. The van der Waals surface area contributed by atoms with Crippen molar-refractivity contribution in [1.82, 2.24) is 25.0 Å². The third-order valence-corrected chi connectivity index (χ3v) is 5.84. The van der Waals surface area contributed by atoms with Crippen molar-refractivity contribution >= 4 is 34.8 Å². The Morgan fingerprint density at radius 1 is 1.03 bits per heavy atom. The van der Waals surface area contributed by atoms with Gasteiger partial charge in [0.2, 0.25) is 17.4 Å². The van der Waals surface area contributed by atoms with Gasteiger partial charge in [-0.05, 0) is 24.3 Å². The Bertz CT molecular complexity index is 1400. The predicted octanol–water partition coefficient (Wildman–Crippen LogP) is 4.46. The Hall–Kier alpha value is -3.60. The molecule has 1 aromatic carbocycles. The number of amides is 1. The average Bonchev–Trinajstić information content (AvgIpc) is 3.45. The first-order valence-corrected chi connectivity index (χ1v) is 11.3. The largest absolute Gasteiger partial charge is 0.422 e. The number of rotatable bonds is 3. The summed E-state index contributed by atoms with van der Waals surface area (Å²) in [5, 5.41) is 4.02. The van der Waals surface area contributed by atoms with Gasteiger partial charge in [0.1, 0.15) is 16.8 Å². The Morgan fingerprint density at radius 3 is 2.34 bits per heavy atom. The van der Waals surface area contributed by atoms with Crippen molar-refractivity contribution in [3.8, 4) is 11.4 Å². The summed E-state index contributed by atoms with van der Waals surface area (Å²) in [5.41, 5.74) is -0.108. The number of pyridine rings is 1. The van der Waals surface area contributed by atoms with Gasteiger partial charge in [0, 0.05) is 37.2 Å². The van der Waals surface area contributed by atoms with Gasteiger partial charge in [-0.2, -0.15) is 9.97 Å². The van der Waals surface area contributed by atoms with E-state index < -0.39 is 28.5 Å². The van der Waals surface area contributed by atoms with Crippen LogP contribution >= 0.6 is 11.6 Å². The Morgan fingerprint density at radius 2 is 1.71 bits per heavy atom. The number of halogens is 3. The molecule has 1 fully saturated rings. The van der Waals surface area contributed by atoms with Crippen LogP contribution in [0.5, 0.6) is 0 Å². The molecule has 1 aliphatic rings. The highest BCUT2D eigenvalue weighted by molar-refractivity contribution is 6.29. The summed E-state index contributed by atoms with van der Waals surface area (Å²) < 4.78 is 40.6. The number of hydrogen-bond donors (Lipinski definition) is 0. The maximum atomic E-state index is 14.9. The van der Waals surface area contributed by atoms with Crippen LogP contribution in [-0.4, -0.2) is 57.1 Å². The third-order valence-electron chi connectivity index (χ3n) is 5.63. The zero-order chi connectivity index (χ0) is 24.9. The van der Waals surface area contributed by atoms with Crippen LogP contribution in [0, 0.1) is 11.6 Å². The second-order valence-corrected chi connectivity index (χ2v) is 9.61. The molecule has 0 unspecified atom stereocenters. The molecule has 4 aromatic rings. The summed E-state index contributed by atoms with van der Waals surface area (Å²) in [4.78, 5) is 28.9. The minimum Gasteiger partial charge on any atom is -0.422 e. The van der Waals surface area contributed by atoms with Crippen molar-refractivity contribution in [2.45, 2.75) is 26.2 Å². The molecule has 1 saturated heterocycles. The Kier molecular flexibility index (Phi) is 5.66. The van der Waals surface area contributed by atoms with Gasteiger partial charge in [0.15, 0.2) is 5.58 Å². The van der Waals surface area contributed by atoms with E-state index in [0.29, 0.717) is 48.6 Å². The quantitative estimate of drug-likeness (QED) is 0.378. The van der Waals surface area contributed by atoms with E-state index in [1.165, 1.54) is 4.90 Å². The molecule has 9 nitrogen and oxygen atoms in total. The fourth-order valence-corrected chi connectivity index (χ4v) is 3.89. The van der Waals surface area contributed by atoms with E-state index in [2.05, 4.69) is 20.1 Å². The number of oxazole rings is 1. The summed E-state index contributed by atoms with van der Waals surface area (Å²) in [6, 6.07) is 5.67. The minimum atomic E-state index is -0.939. The lowest BCUT2D eigenvalue weighted by atomic mass is 9.97. The lowest BCUT2D eigenvalue weighted by Crippen LogP contribution is -2.49. The lowest BCUT2D eigenvalue weighted by molar-refractivity contribution is 0.0744. The minimum absolute atomic E-state index is 0.0996. The summed E-state index contributed by atoms with van der Waals surface area (Å²) in [7, 11) is 0. The highest BCUT2D eigenvalue weighted by Gasteiger charge is 2.29. The number of hydrogen-bond acceptors (Lipinski definition) is 8. The second-order valence-electron chi connectivity index (χ2n) is 9.22. The van der Waals surface area contributed by atoms with E-state index >= 15 is 0 Å². The predicted molar refractivity (Wildman–Crippen MR) is 123 cm³/mol. The topological polar surface area (TPSA) is 101 Å². The molecule has 0 radical (unpaired) electrons. The number of nitrogens with zero attached hydrogens (tertiary/aromatic N) is 6. The summed E-state index contributed by atoms with van der Waals surface area (Å²) >= 11 is 5.90. The van der Waals surface area contributed by atoms with E-state index in [4.69, 9.17) is 20.5 Å². The van der Waals surface area contributed by atoms with Gasteiger partial charge < -0.3 is 18.7 Å². The molecule has 1 amide bonds. The lowest BCUT2D eigenvalue weighted by Gasteiger charge is -2.33. The normalized spacial score (nSPS) is 14.7. The summed E-state index contributed by atoms with van der Waals surface area (Å²) in [6.45, 7) is 7.01. The molecule has 0 atom stereocenters. The molecule has 0 N–H and O–H groups in total. The smallest absolute Gasteiger partial charge is 0.300 e. The van der Waals surface area contributed by atoms with Crippen molar-refractivity contribution in [3.05, 3.63) is 52.5 Å². The van der Waals surface area contributed by atoms with E-state index in [-0.39, 0.29) is 17.3 Å². The van der Waals surface area contributed by atoms with E-state index in [1.807, 2.05) is 25.7 Å². The number of piperazine rings is 1. The Labute approximate surface area is 203 Å². The molecular formula is C23H21ClF2N6O3. The number of carbonyl (C=O) groups excluding carboxylic acids is 1. The molecule has 1 aliphatic heterocycles. The van der Waals surface area contributed by atoms with E-state index in [1.54, 1.807) is 12.1 Å². The zero-order valence-corrected chi connectivity index (χ0v) is 19.9. The number of anilines is 1. The van der Waals surface area contributed by atoms with Gasteiger partial charge in [-0.1, -0.05) is 37.5 Å². The molecule has 12 heteroatoms. The fraction of sp³-hybridized carbons (Fsp3) is 0.348. The van der Waals surface area contributed by atoms with Crippen LogP contribution in [0.3, 0.4) is 0 Å². The second kappa shape index (κ2) is 8.56. The SMILES string of the molecule is CC(C)(C)c1nc(-c2c(F)cc(C(=O)N3CCN(c4nc5nc(Cl)ccc5o4)CC3)cc2F)no1. The Balaban J connectivity index is 1.30. The third kappa shape index (κ3) is 4.43. The number of aromatic nitrogens is 4. The van der Waals surface area contributed by atoms with Gasteiger partial charge in [0.05, 0.1) is 5.56 Å². The number of carbonyl (C=O) groups is 1. The van der Waals surface area contributed by atoms with Crippen LogP contribution in [-0.2, 0) is 5.41 Å². The number of fused-ring (bicyclic) bond motifs is 1. The fourth-order valence-electron chi connectivity index (χ4n) is 3.74. The van der Waals surface area contributed by atoms with Gasteiger partial charge in [0.25, 0.3) is 11.9 Å². The zero-order valence-electron chi connectivity index (χ0n) is 19.2. The molecular weight excluding hydrogens is 482 g/mol. The van der Waals surface area contributed by atoms with E-state index in [9.17, 15) is 13.6 Å². The maximum absolute atomic E-state index is 14.9. The van der Waals surface area contributed by atoms with Crippen LogP contribution in [0.1, 0.15) is 37.0 Å². The first kappa shape index (κ1) is 23.2. The van der Waals surface area contributed by atoms with Crippen molar-refractivity contribution in [2.75, 3.05) is 31.1 Å². The van der Waals surface area contributed by atoms with E-state index in [0.717, 1.165) is 12.1 Å². The molecule has 35 heavy (non-hydrogen) atoms. The first-order valence-electron chi connectivity index (χ1n) is 10.9.